The number of nitrogens with one attached hydrogen (secondary N) is 2. The molecular formula is C19H17F3N4O. The van der Waals surface area contributed by atoms with Gasteiger partial charge < -0.3 is 10.6 Å². The van der Waals surface area contributed by atoms with E-state index in [2.05, 4.69) is 15.7 Å². The number of carbonyl (C=O) groups excluding carboxylic acids is 1. The van der Waals surface area contributed by atoms with Gasteiger partial charge in [-0.2, -0.15) is 18.3 Å². The van der Waals surface area contributed by atoms with Gasteiger partial charge >= 0.3 is 6.18 Å². The van der Waals surface area contributed by atoms with Gasteiger partial charge in [-0.1, -0.05) is 36.4 Å². The number of alkyl halides is 3. The van der Waals surface area contributed by atoms with Crippen molar-refractivity contribution in [2.24, 2.45) is 7.05 Å². The molecule has 5 nitrogen and oxygen atoms in total. The van der Waals surface area contributed by atoms with Gasteiger partial charge in [-0.05, 0) is 23.8 Å². The number of nitrogens with zero attached hydrogens (tertiary/aromatic N) is 2. The fourth-order valence-corrected chi connectivity index (χ4v) is 2.57. The molecule has 0 saturated heterocycles. The summed E-state index contributed by atoms with van der Waals surface area (Å²) in [6, 6.07) is 14.3. The van der Waals surface area contributed by atoms with Crippen molar-refractivity contribution in [2.45, 2.75) is 12.2 Å². The normalized spacial score (nSPS) is 12.4. The molecule has 3 aromatic rings. The highest BCUT2D eigenvalue weighted by Gasteiger charge is 2.31. The number of halogens is 3. The maximum atomic E-state index is 12.9. The summed E-state index contributed by atoms with van der Waals surface area (Å²) < 4.78 is 40.2. The fourth-order valence-electron chi connectivity index (χ4n) is 2.57. The predicted octanol–water partition coefficient (Wildman–Crippen LogP) is 4.23. The minimum absolute atomic E-state index is 0.0681. The molecule has 0 bridgehead atoms. The monoisotopic (exact) mass is 374 g/mol. The minimum Gasteiger partial charge on any atom is -0.353 e. The molecule has 2 aromatic carbocycles. The number of anilines is 2. The Balaban J connectivity index is 1.85. The average Bonchev–Trinajstić information content (AvgIpc) is 3.05. The number of aromatic nitrogens is 2. The quantitative estimate of drug-likeness (QED) is 0.703. The zero-order chi connectivity index (χ0) is 19.4. The van der Waals surface area contributed by atoms with Crippen molar-refractivity contribution in [3.63, 3.8) is 0 Å². The zero-order valence-electron chi connectivity index (χ0n) is 14.4. The highest BCUT2D eigenvalue weighted by molar-refractivity contribution is 5.97. The van der Waals surface area contributed by atoms with Crippen molar-refractivity contribution >= 4 is 17.4 Å². The molecule has 1 heterocycles. The molecule has 0 aliphatic heterocycles. The van der Waals surface area contributed by atoms with Crippen molar-refractivity contribution in [3.8, 4) is 0 Å². The van der Waals surface area contributed by atoms with Crippen molar-refractivity contribution in [1.82, 2.24) is 9.78 Å². The van der Waals surface area contributed by atoms with E-state index in [1.165, 1.54) is 12.1 Å². The number of hydrogen-bond acceptors (Lipinski definition) is 3. The second-order valence-electron chi connectivity index (χ2n) is 5.93. The SMILES string of the molecule is Cn1ccc(NC(C(=O)Nc2cccc(C(F)(F)F)c2)c2ccccc2)n1. The van der Waals surface area contributed by atoms with E-state index in [0.29, 0.717) is 11.4 Å². The maximum Gasteiger partial charge on any atom is 0.416 e. The summed E-state index contributed by atoms with van der Waals surface area (Å²) in [5, 5.41) is 9.75. The van der Waals surface area contributed by atoms with Crippen LogP contribution in [0.25, 0.3) is 0 Å². The summed E-state index contributed by atoms with van der Waals surface area (Å²) in [6.45, 7) is 0. The van der Waals surface area contributed by atoms with Gasteiger partial charge in [0, 0.05) is 25.0 Å². The first kappa shape index (κ1) is 18.5. The van der Waals surface area contributed by atoms with E-state index in [-0.39, 0.29) is 5.69 Å². The molecule has 3 rings (SSSR count). The van der Waals surface area contributed by atoms with Crippen molar-refractivity contribution < 1.29 is 18.0 Å². The summed E-state index contributed by atoms with van der Waals surface area (Å²) in [4.78, 5) is 12.8. The van der Waals surface area contributed by atoms with Gasteiger partial charge in [-0.25, -0.2) is 0 Å². The Hall–Kier alpha value is -3.29. The molecule has 2 N–H and O–H groups in total. The largest absolute Gasteiger partial charge is 0.416 e. The Bertz CT molecular complexity index is 922. The second-order valence-corrected chi connectivity index (χ2v) is 5.93. The highest BCUT2D eigenvalue weighted by atomic mass is 19.4. The number of hydrogen-bond donors (Lipinski definition) is 2. The van der Waals surface area contributed by atoms with Crippen LogP contribution in [0.5, 0.6) is 0 Å². The number of benzene rings is 2. The van der Waals surface area contributed by atoms with E-state index < -0.39 is 23.7 Å². The molecule has 0 radical (unpaired) electrons. The van der Waals surface area contributed by atoms with E-state index in [1.807, 2.05) is 6.07 Å². The maximum absolute atomic E-state index is 12.9. The Morgan fingerprint density at radius 3 is 2.44 bits per heavy atom. The first-order chi connectivity index (χ1) is 12.8. The Labute approximate surface area is 153 Å². The van der Waals surface area contributed by atoms with E-state index in [1.54, 1.807) is 48.3 Å². The Kier molecular flexibility index (Phi) is 5.16. The summed E-state index contributed by atoms with van der Waals surface area (Å²) in [5.74, 6) is -0.0169. The molecule has 1 atom stereocenters. The topological polar surface area (TPSA) is 59.0 Å². The van der Waals surface area contributed by atoms with Crippen molar-refractivity contribution in [1.29, 1.82) is 0 Å². The highest BCUT2D eigenvalue weighted by Crippen LogP contribution is 2.31. The molecule has 0 aliphatic carbocycles. The van der Waals surface area contributed by atoms with E-state index in [9.17, 15) is 18.0 Å². The molecule has 27 heavy (non-hydrogen) atoms. The summed E-state index contributed by atoms with van der Waals surface area (Å²) >= 11 is 0. The molecular weight excluding hydrogens is 357 g/mol. The number of carbonyl (C=O) groups is 1. The smallest absolute Gasteiger partial charge is 0.353 e. The van der Waals surface area contributed by atoms with Crippen LogP contribution in [0.1, 0.15) is 17.2 Å². The molecule has 1 aromatic heterocycles. The lowest BCUT2D eigenvalue weighted by Gasteiger charge is -2.19. The lowest BCUT2D eigenvalue weighted by molar-refractivity contribution is -0.137. The van der Waals surface area contributed by atoms with Gasteiger partial charge in [0.2, 0.25) is 0 Å². The lowest BCUT2D eigenvalue weighted by atomic mass is 10.1. The van der Waals surface area contributed by atoms with Crippen LogP contribution in [-0.4, -0.2) is 15.7 Å². The van der Waals surface area contributed by atoms with E-state index in [4.69, 9.17) is 0 Å². The molecule has 8 heteroatoms. The molecule has 0 fully saturated rings. The standard InChI is InChI=1S/C19H17F3N4O/c1-26-11-10-16(25-26)24-17(13-6-3-2-4-7-13)18(27)23-15-9-5-8-14(12-15)19(20,21)22/h2-12,17H,1H3,(H,23,27)(H,24,25). The van der Waals surface area contributed by atoms with Gasteiger partial charge in [-0.3, -0.25) is 9.48 Å². The minimum atomic E-state index is -4.48. The lowest BCUT2D eigenvalue weighted by Crippen LogP contribution is -2.27. The number of amides is 1. The van der Waals surface area contributed by atoms with Gasteiger partial charge in [0.05, 0.1) is 5.56 Å². The molecule has 0 aliphatic rings. The van der Waals surface area contributed by atoms with Crippen LogP contribution in [-0.2, 0) is 18.0 Å². The van der Waals surface area contributed by atoms with Crippen molar-refractivity contribution in [2.75, 3.05) is 10.6 Å². The Morgan fingerprint density at radius 2 is 1.81 bits per heavy atom. The van der Waals surface area contributed by atoms with Crippen LogP contribution in [0.2, 0.25) is 0 Å². The summed E-state index contributed by atoms with van der Waals surface area (Å²) in [5.41, 5.74) is -0.0968. The second kappa shape index (κ2) is 7.53. The first-order valence-electron chi connectivity index (χ1n) is 8.12. The summed E-state index contributed by atoms with van der Waals surface area (Å²) in [6.07, 6.45) is -2.76. The van der Waals surface area contributed by atoms with Crippen LogP contribution in [0.15, 0.2) is 66.9 Å². The van der Waals surface area contributed by atoms with Gasteiger partial charge in [-0.15, -0.1) is 0 Å². The summed E-state index contributed by atoms with van der Waals surface area (Å²) in [7, 11) is 1.74. The zero-order valence-corrected chi connectivity index (χ0v) is 14.4. The van der Waals surface area contributed by atoms with Crippen LogP contribution in [0.4, 0.5) is 24.7 Å². The molecule has 0 spiro atoms. The average molecular weight is 374 g/mol. The van der Waals surface area contributed by atoms with E-state index >= 15 is 0 Å². The van der Waals surface area contributed by atoms with Crippen LogP contribution in [0.3, 0.4) is 0 Å². The molecule has 140 valence electrons. The van der Waals surface area contributed by atoms with Crippen LogP contribution < -0.4 is 10.6 Å². The van der Waals surface area contributed by atoms with Gasteiger partial charge in [0.15, 0.2) is 0 Å². The van der Waals surface area contributed by atoms with Gasteiger partial charge in [0.25, 0.3) is 5.91 Å². The third-order valence-electron chi connectivity index (χ3n) is 3.86. The Morgan fingerprint density at radius 1 is 1.07 bits per heavy atom. The van der Waals surface area contributed by atoms with E-state index in [0.717, 1.165) is 12.1 Å². The number of aryl methyl sites for hydroxylation is 1. The fraction of sp³-hybridized carbons (Fsp3) is 0.158. The molecule has 1 amide bonds. The number of rotatable bonds is 5. The first-order valence-corrected chi connectivity index (χ1v) is 8.12. The molecule has 1 unspecified atom stereocenters. The van der Waals surface area contributed by atoms with Gasteiger partial charge in [0.1, 0.15) is 11.9 Å². The third kappa shape index (κ3) is 4.66. The van der Waals surface area contributed by atoms with Crippen LogP contribution in [0, 0.1) is 0 Å². The predicted molar refractivity (Wildman–Crippen MR) is 96.1 cm³/mol. The third-order valence-corrected chi connectivity index (χ3v) is 3.86. The van der Waals surface area contributed by atoms with Crippen molar-refractivity contribution in [3.05, 3.63) is 78.0 Å². The van der Waals surface area contributed by atoms with Crippen LogP contribution >= 0.6 is 0 Å². The molecule has 0 saturated carbocycles.